The van der Waals surface area contributed by atoms with Crippen molar-refractivity contribution in [1.29, 1.82) is 0 Å². The van der Waals surface area contributed by atoms with Gasteiger partial charge in [-0.2, -0.15) is 5.10 Å². The first-order valence-corrected chi connectivity index (χ1v) is 13.7. The van der Waals surface area contributed by atoms with Crippen molar-refractivity contribution < 1.29 is 4.39 Å². The van der Waals surface area contributed by atoms with Crippen molar-refractivity contribution >= 4 is 16.5 Å². The van der Waals surface area contributed by atoms with Gasteiger partial charge >= 0.3 is 0 Å². The Morgan fingerprint density at radius 3 is 2.70 bits per heavy atom. The molecule has 4 aromatic heterocycles. The number of likely N-dealkylation sites (tertiary alicyclic amines) is 1. The molecule has 1 fully saturated rings. The average Bonchev–Trinajstić information content (AvgIpc) is 3.54. The maximum atomic E-state index is 14.3. The summed E-state index contributed by atoms with van der Waals surface area (Å²) < 4.78 is 14.3. The summed E-state index contributed by atoms with van der Waals surface area (Å²) in [7, 11) is 0. The van der Waals surface area contributed by atoms with Crippen LogP contribution in [0.5, 0.6) is 0 Å². The van der Waals surface area contributed by atoms with E-state index in [0.29, 0.717) is 11.5 Å². The lowest BCUT2D eigenvalue weighted by molar-refractivity contribution is 0.220. The van der Waals surface area contributed by atoms with Gasteiger partial charge in [-0.3, -0.25) is 20.0 Å². The van der Waals surface area contributed by atoms with E-state index in [1.165, 1.54) is 37.0 Å². The zero-order valence-electron chi connectivity index (χ0n) is 22.8. The number of piperidine rings is 1. The average molecular weight is 534 g/mol. The van der Waals surface area contributed by atoms with Crippen molar-refractivity contribution in [2.75, 3.05) is 13.1 Å². The van der Waals surface area contributed by atoms with Gasteiger partial charge in [0.05, 0.1) is 23.1 Å². The van der Waals surface area contributed by atoms with Crippen LogP contribution in [-0.2, 0) is 6.54 Å². The van der Waals surface area contributed by atoms with Crippen LogP contribution in [0.2, 0.25) is 0 Å². The topological polar surface area (TPSA) is 86.4 Å². The van der Waals surface area contributed by atoms with Crippen molar-refractivity contribution in [2.45, 2.75) is 39.7 Å². The Bertz CT molecular complexity index is 1700. The standard InChI is InChI=1S/C32H32FN7/c1-4-8-26(23-11-20(2)12-25(33)14-23)30-21(3)36-32(37-30)31-27-15-28(35-18-29(27)38-39-31)24-13-22(16-34-17-24)19-40-9-6-5-7-10-40/h4,8,11-18H,1,5-7,9-10,19H2,2-3H3,(H,36,37)(H,38,39)/b26-8-. The van der Waals surface area contributed by atoms with Crippen LogP contribution < -0.4 is 0 Å². The minimum absolute atomic E-state index is 0.286. The third-order valence-corrected chi connectivity index (χ3v) is 7.39. The number of rotatable bonds is 7. The second-order valence-corrected chi connectivity index (χ2v) is 10.5. The molecule has 0 unspecified atom stereocenters. The summed E-state index contributed by atoms with van der Waals surface area (Å²) in [5.41, 5.74) is 8.44. The van der Waals surface area contributed by atoms with Gasteiger partial charge in [-0.1, -0.05) is 31.2 Å². The molecule has 1 saturated heterocycles. The molecule has 1 aromatic carbocycles. The van der Waals surface area contributed by atoms with Crippen LogP contribution in [0.1, 0.15) is 47.3 Å². The van der Waals surface area contributed by atoms with E-state index in [4.69, 9.17) is 9.97 Å². The summed E-state index contributed by atoms with van der Waals surface area (Å²) in [6, 6.07) is 9.19. The Morgan fingerprint density at radius 1 is 1.05 bits per heavy atom. The molecule has 0 aliphatic carbocycles. The minimum atomic E-state index is -0.286. The van der Waals surface area contributed by atoms with Crippen LogP contribution in [0, 0.1) is 19.7 Å². The molecule has 0 bridgehead atoms. The Balaban J connectivity index is 1.35. The SMILES string of the molecule is C=C/C=C(/c1cc(C)cc(F)c1)c1nc(-c2n[nH]c3cnc(-c4cncc(CN5CCCCC5)c4)cc23)[nH]c1C. The van der Waals surface area contributed by atoms with Crippen molar-refractivity contribution in [2.24, 2.45) is 0 Å². The van der Waals surface area contributed by atoms with E-state index in [-0.39, 0.29) is 5.82 Å². The van der Waals surface area contributed by atoms with Crippen molar-refractivity contribution in [3.8, 4) is 22.8 Å². The number of nitrogens with one attached hydrogen (secondary N) is 2. The summed E-state index contributed by atoms with van der Waals surface area (Å²) in [5, 5.41) is 8.57. The lowest BCUT2D eigenvalue weighted by atomic mass is 9.99. The molecule has 6 rings (SSSR count). The summed E-state index contributed by atoms with van der Waals surface area (Å²) in [5.74, 6) is 0.335. The first kappa shape index (κ1) is 25.8. The second-order valence-electron chi connectivity index (χ2n) is 10.5. The molecule has 0 spiro atoms. The highest BCUT2D eigenvalue weighted by atomic mass is 19.1. The Hall–Kier alpha value is -4.43. The number of hydrogen-bond donors (Lipinski definition) is 2. The van der Waals surface area contributed by atoms with E-state index in [0.717, 1.165) is 69.9 Å². The first-order chi connectivity index (χ1) is 19.5. The van der Waals surface area contributed by atoms with Gasteiger partial charge in [0, 0.05) is 41.2 Å². The largest absolute Gasteiger partial charge is 0.340 e. The van der Waals surface area contributed by atoms with Gasteiger partial charge < -0.3 is 4.98 Å². The summed E-state index contributed by atoms with van der Waals surface area (Å²) in [4.78, 5) is 20.0. The maximum absolute atomic E-state index is 14.3. The van der Waals surface area contributed by atoms with E-state index >= 15 is 0 Å². The minimum Gasteiger partial charge on any atom is -0.340 e. The number of nitrogens with zero attached hydrogens (tertiary/aromatic N) is 5. The number of aryl methyl sites for hydroxylation is 2. The van der Waals surface area contributed by atoms with Gasteiger partial charge in [-0.05, 0) is 80.7 Å². The Kier molecular flexibility index (Phi) is 7.09. The van der Waals surface area contributed by atoms with Gasteiger partial charge in [0.25, 0.3) is 0 Å². The fourth-order valence-electron chi connectivity index (χ4n) is 5.50. The predicted octanol–water partition coefficient (Wildman–Crippen LogP) is 6.77. The molecule has 7 nitrogen and oxygen atoms in total. The van der Waals surface area contributed by atoms with E-state index in [1.807, 2.05) is 44.4 Å². The molecule has 5 heterocycles. The van der Waals surface area contributed by atoms with Crippen LogP contribution >= 0.6 is 0 Å². The summed E-state index contributed by atoms with van der Waals surface area (Å²) in [6.45, 7) is 10.9. The van der Waals surface area contributed by atoms with Crippen LogP contribution in [0.3, 0.4) is 0 Å². The summed E-state index contributed by atoms with van der Waals surface area (Å²) >= 11 is 0. The van der Waals surface area contributed by atoms with Gasteiger partial charge in [-0.15, -0.1) is 0 Å². The highest BCUT2D eigenvalue weighted by Crippen LogP contribution is 2.32. The zero-order chi connectivity index (χ0) is 27.6. The number of hydrogen-bond acceptors (Lipinski definition) is 5. The number of fused-ring (bicyclic) bond motifs is 1. The van der Waals surface area contributed by atoms with Crippen molar-refractivity contribution in [1.82, 2.24) is 35.0 Å². The highest BCUT2D eigenvalue weighted by Gasteiger charge is 2.19. The number of halogens is 1. The fourth-order valence-corrected chi connectivity index (χ4v) is 5.50. The number of benzene rings is 1. The molecule has 1 aliphatic rings. The van der Waals surface area contributed by atoms with Gasteiger partial charge in [0.2, 0.25) is 0 Å². The molecule has 0 saturated carbocycles. The molecule has 2 N–H and O–H groups in total. The van der Waals surface area contributed by atoms with Crippen LogP contribution in [0.4, 0.5) is 4.39 Å². The van der Waals surface area contributed by atoms with E-state index in [2.05, 4.69) is 37.7 Å². The Morgan fingerprint density at radius 2 is 1.90 bits per heavy atom. The van der Waals surface area contributed by atoms with Crippen molar-refractivity contribution in [3.63, 3.8) is 0 Å². The van der Waals surface area contributed by atoms with Crippen LogP contribution in [0.15, 0.2) is 67.7 Å². The van der Waals surface area contributed by atoms with E-state index in [1.54, 1.807) is 12.3 Å². The van der Waals surface area contributed by atoms with Gasteiger partial charge in [-0.25, -0.2) is 9.37 Å². The van der Waals surface area contributed by atoms with Gasteiger partial charge in [0.1, 0.15) is 11.5 Å². The number of allylic oxidation sites excluding steroid dienone is 2. The number of pyridine rings is 2. The van der Waals surface area contributed by atoms with E-state index in [9.17, 15) is 4.39 Å². The molecular weight excluding hydrogens is 501 g/mol. The number of H-pyrrole nitrogens is 2. The predicted molar refractivity (Wildman–Crippen MR) is 157 cm³/mol. The number of aromatic nitrogens is 6. The number of imidazole rings is 1. The van der Waals surface area contributed by atoms with Crippen LogP contribution in [0.25, 0.3) is 39.3 Å². The fraction of sp³-hybridized carbons (Fsp3) is 0.250. The molecule has 40 heavy (non-hydrogen) atoms. The van der Waals surface area contributed by atoms with E-state index < -0.39 is 0 Å². The first-order valence-electron chi connectivity index (χ1n) is 13.7. The van der Waals surface area contributed by atoms with Crippen molar-refractivity contribution in [3.05, 3.63) is 102 Å². The molecule has 0 atom stereocenters. The number of aromatic amines is 2. The molecule has 5 aromatic rings. The summed E-state index contributed by atoms with van der Waals surface area (Å²) in [6.07, 6.45) is 13.0. The third kappa shape index (κ3) is 5.22. The monoisotopic (exact) mass is 533 g/mol. The lowest BCUT2D eigenvalue weighted by Crippen LogP contribution is -2.29. The van der Waals surface area contributed by atoms with Crippen LogP contribution in [-0.4, -0.2) is 48.1 Å². The molecule has 202 valence electrons. The highest BCUT2D eigenvalue weighted by molar-refractivity contribution is 5.93. The third-order valence-electron chi connectivity index (χ3n) is 7.39. The Labute approximate surface area is 232 Å². The molecule has 8 heteroatoms. The van der Waals surface area contributed by atoms with Gasteiger partial charge in [0.15, 0.2) is 5.82 Å². The smallest absolute Gasteiger partial charge is 0.159 e. The maximum Gasteiger partial charge on any atom is 0.159 e. The zero-order valence-corrected chi connectivity index (χ0v) is 22.8. The second kappa shape index (κ2) is 11.0. The molecular formula is C32H32FN7. The molecule has 1 aliphatic heterocycles. The quantitative estimate of drug-likeness (QED) is 0.226. The molecule has 0 radical (unpaired) electrons. The normalized spacial score (nSPS) is 14.6. The molecule has 0 amide bonds. The lowest BCUT2D eigenvalue weighted by Gasteiger charge is -2.26.